The van der Waals surface area contributed by atoms with Gasteiger partial charge in [0, 0.05) is 18.2 Å². The zero-order valence-corrected chi connectivity index (χ0v) is 16.7. The van der Waals surface area contributed by atoms with E-state index in [-0.39, 0.29) is 24.3 Å². The predicted octanol–water partition coefficient (Wildman–Crippen LogP) is 2.85. The van der Waals surface area contributed by atoms with Crippen molar-refractivity contribution < 1.29 is 14.4 Å². The minimum atomic E-state index is -0.453. The molecule has 2 aromatic carbocycles. The summed E-state index contributed by atoms with van der Waals surface area (Å²) in [6.45, 7) is 2.26. The molecule has 0 radical (unpaired) electrons. The van der Waals surface area contributed by atoms with Crippen LogP contribution >= 0.6 is 0 Å². The van der Waals surface area contributed by atoms with Crippen LogP contribution in [0, 0.1) is 0 Å². The summed E-state index contributed by atoms with van der Waals surface area (Å²) in [5.74, 6) is -0.704. The molecular weight excluding hydrogens is 366 g/mol. The number of rotatable bonds is 6. The monoisotopic (exact) mass is 393 g/mol. The quantitative estimate of drug-likeness (QED) is 0.767. The second-order valence-electron chi connectivity index (χ2n) is 7.86. The lowest BCUT2D eigenvalue weighted by molar-refractivity contribution is -0.136. The lowest BCUT2D eigenvalue weighted by Crippen LogP contribution is -2.46. The Labute approximate surface area is 171 Å². The number of anilines is 1. The molecule has 1 unspecified atom stereocenters. The first-order valence-corrected chi connectivity index (χ1v) is 10.2. The van der Waals surface area contributed by atoms with Gasteiger partial charge in [0.05, 0.1) is 12.5 Å². The highest BCUT2D eigenvalue weighted by Crippen LogP contribution is 2.41. The molecule has 2 heterocycles. The minimum Gasteiger partial charge on any atom is -0.308 e. The number of carbonyl (C=O) groups excluding carboxylic acids is 2. The molecule has 0 aromatic heterocycles. The zero-order valence-electron chi connectivity index (χ0n) is 16.7. The fourth-order valence-corrected chi connectivity index (χ4v) is 4.25. The molecule has 2 amide bonds. The van der Waals surface area contributed by atoms with Crippen LogP contribution in [-0.2, 0) is 21.0 Å². The average molecular weight is 393 g/mol. The molecule has 4 rings (SSSR count). The summed E-state index contributed by atoms with van der Waals surface area (Å²) in [6.07, 6.45) is 2.00. The molecule has 152 valence electrons. The van der Waals surface area contributed by atoms with Crippen LogP contribution < -0.4 is 10.4 Å². The van der Waals surface area contributed by atoms with Crippen molar-refractivity contribution >= 4 is 17.5 Å². The number of likely N-dealkylation sites (tertiary alicyclic amines) is 1. The summed E-state index contributed by atoms with van der Waals surface area (Å²) < 4.78 is 0. The zero-order chi connectivity index (χ0) is 20.2. The Morgan fingerprint density at radius 3 is 2.52 bits per heavy atom. The summed E-state index contributed by atoms with van der Waals surface area (Å²) in [6, 6.07) is 17.7. The van der Waals surface area contributed by atoms with E-state index in [1.165, 1.54) is 0 Å². The molecule has 0 spiro atoms. The molecule has 2 aliphatic heterocycles. The first kappa shape index (κ1) is 19.6. The van der Waals surface area contributed by atoms with Crippen LogP contribution in [-0.4, -0.2) is 42.9 Å². The van der Waals surface area contributed by atoms with E-state index in [1.54, 1.807) is 0 Å². The molecule has 0 bridgehead atoms. The number of nitrogens with zero attached hydrogens (tertiary/aromatic N) is 2. The number of fused-ring (bicyclic) bond motifs is 1. The van der Waals surface area contributed by atoms with Gasteiger partial charge in [0.15, 0.2) is 0 Å². The molecule has 0 saturated carbocycles. The second-order valence-corrected chi connectivity index (χ2v) is 7.86. The van der Waals surface area contributed by atoms with E-state index in [9.17, 15) is 9.59 Å². The van der Waals surface area contributed by atoms with Crippen molar-refractivity contribution in [3.63, 3.8) is 0 Å². The molecule has 2 aliphatic rings. The van der Waals surface area contributed by atoms with Gasteiger partial charge in [0.2, 0.25) is 11.8 Å². The van der Waals surface area contributed by atoms with Crippen LogP contribution in [0.2, 0.25) is 0 Å². The number of para-hydroxylation sites is 1. The van der Waals surface area contributed by atoms with Gasteiger partial charge in [-0.15, -0.1) is 0 Å². The number of amides is 2. The van der Waals surface area contributed by atoms with E-state index < -0.39 is 5.92 Å². The third kappa shape index (κ3) is 4.33. The highest BCUT2D eigenvalue weighted by molar-refractivity contribution is 6.07. The normalized spacial score (nSPS) is 20.0. The molecule has 1 saturated heterocycles. The van der Waals surface area contributed by atoms with Crippen molar-refractivity contribution in [3.05, 3.63) is 65.7 Å². The number of hydrogen-bond acceptors (Lipinski definition) is 4. The summed E-state index contributed by atoms with van der Waals surface area (Å²) in [4.78, 5) is 35.3. The van der Waals surface area contributed by atoms with E-state index >= 15 is 0 Å². The van der Waals surface area contributed by atoms with Crippen LogP contribution in [0.5, 0.6) is 0 Å². The van der Waals surface area contributed by atoms with Gasteiger partial charge < -0.3 is 9.80 Å². The fraction of sp³-hybridized carbons (Fsp3) is 0.391. The van der Waals surface area contributed by atoms with E-state index in [4.69, 9.17) is 4.84 Å². The first-order chi connectivity index (χ1) is 14.1. The van der Waals surface area contributed by atoms with E-state index in [1.807, 2.05) is 59.5 Å². The van der Waals surface area contributed by atoms with Gasteiger partial charge in [-0.3, -0.25) is 14.4 Å². The molecule has 1 fully saturated rings. The van der Waals surface area contributed by atoms with Crippen LogP contribution in [0.4, 0.5) is 5.69 Å². The van der Waals surface area contributed by atoms with Crippen molar-refractivity contribution in [1.29, 1.82) is 0 Å². The van der Waals surface area contributed by atoms with Crippen LogP contribution in [0.3, 0.4) is 0 Å². The summed E-state index contributed by atoms with van der Waals surface area (Å²) in [5, 5.41) is 0. The van der Waals surface area contributed by atoms with Gasteiger partial charge in [-0.1, -0.05) is 48.5 Å². The van der Waals surface area contributed by atoms with Crippen molar-refractivity contribution in [2.24, 2.45) is 0 Å². The number of hydrogen-bond donors (Lipinski definition) is 1. The Morgan fingerprint density at radius 2 is 1.76 bits per heavy atom. The van der Waals surface area contributed by atoms with E-state index in [0.717, 1.165) is 42.7 Å². The number of nitrogens with one attached hydrogen (secondary N) is 1. The molecule has 1 atom stereocenters. The standard InChI is InChI=1S/C23H27N3O3/c1-25-13-11-18(12-14-25)26-21-10-6-5-9-19(21)20(23(26)28)15-22(27)24-29-16-17-7-3-2-4-8-17/h2-10,18,20H,11-16H2,1H3,(H,24,27). The smallest absolute Gasteiger partial charge is 0.244 e. The topological polar surface area (TPSA) is 61.9 Å². The Balaban J connectivity index is 1.41. The van der Waals surface area contributed by atoms with Crippen LogP contribution in [0.25, 0.3) is 0 Å². The van der Waals surface area contributed by atoms with Crippen molar-refractivity contribution in [1.82, 2.24) is 10.4 Å². The Morgan fingerprint density at radius 1 is 1.07 bits per heavy atom. The van der Waals surface area contributed by atoms with Gasteiger partial charge in [0.25, 0.3) is 0 Å². The largest absolute Gasteiger partial charge is 0.308 e. The molecule has 29 heavy (non-hydrogen) atoms. The molecule has 1 N–H and O–H groups in total. The third-order valence-corrected chi connectivity index (χ3v) is 5.82. The molecule has 0 aliphatic carbocycles. The SMILES string of the molecule is CN1CCC(N2C(=O)C(CC(=O)NOCc3ccccc3)c3ccccc32)CC1. The Bertz CT molecular complexity index is 863. The minimum absolute atomic E-state index is 0.0268. The fourth-order valence-electron chi connectivity index (χ4n) is 4.25. The number of piperidine rings is 1. The number of benzene rings is 2. The lowest BCUT2D eigenvalue weighted by atomic mass is 9.97. The maximum absolute atomic E-state index is 13.3. The summed E-state index contributed by atoms with van der Waals surface area (Å²) in [5.41, 5.74) is 5.36. The lowest BCUT2D eigenvalue weighted by Gasteiger charge is -2.35. The molecule has 6 nitrogen and oxygen atoms in total. The van der Waals surface area contributed by atoms with Crippen LogP contribution in [0.15, 0.2) is 54.6 Å². The predicted molar refractivity (Wildman–Crippen MR) is 111 cm³/mol. The molecular formula is C23H27N3O3. The second kappa shape index (κ2) is 8.76. The van der Waals surface area contributed by atoms with Crippen molar-refractivity contribution in [3.8, 4) is 0 Å². The molecule has 6 heteroatoms. The summed E-state index contributed by atoms with van der Waals surface area (Å²) in [7, 11) is 2.11. The molecule has 2 aromatic rings. The van der Waals surface area contributed by atoms with Gasteiger partial charge >= 0.3 is 0 Å². The Hall–Kier alpha value is -2.70. The third-order valence-electron chi connectivity index (χ3n) is 5.82. The van der Waals surface area contributed by atoms with Gasteiger partial charge in [0.1, 0.15) is 0 Å². The van der Waals surface area contributed by atoms with E-state index in [2.05, 4.69) is 17.4 Å². The maximum atomic E-state index is 13.3. The number of hydroxylamine groups is 1. The maximum Gasteiger partial charge on any atom is 0.244 e. The number of carbonyl (C=O) groups is 2. The van der Waals surface area contributed by atoms with Crippen molar-refractivity contribution in [2.75, 3.05) is 25.0 Å². The average Bonchev–Trinajstić information content (AvgIpc) is 3.01. The highest BCUT2D eigenvalue weighted by Gasteiger charge is 2.41. The van der Waals surface area contributed by atoms with Gasteiger partial charge in [-0.25, -0.2) is 5.48 Å². The van der Waals surface area contributed by atoms with E-state index in [0.29, 0.717) is 6.61 Å². The van der Waals surface area contributed by atoms with Gasteiger partial charge in [-0.2, -0.15) is 0 Å². The highest BCUT2D eigenvalue weighted by atomic mass is 16.6. The summed E-state index contributed by atoms with van der Waals surface area (Å²) >= 11 is 0. The van der Waals surface area contributed by atoms with Crippen molar-refractivity contribution in [2.45, 2.75) is 37.8 Å². The van der Waals surface area contributed by atoms with Crippen LogP contribution in [0.1, 0.15) is 36.3 Å². The first-order valence-electron chi connectivity index (χ1n) is 10.2. The van der Waals surface area contributed by atoms with Gasteiger partial charge in [-0.05, 0) is 50.2 Å². The Kier molecular flexibility index (Phi) is 5.92.